The molecule has 0 unspecified atom stereocenters. The van der Waals surface area contributed by atoms with Gasteiger partial charge in [-0.2, -0.15) is 0 Å². The Bertz CT molecular complexity index is 825. The van der Waals surface area contributed by atoms with Crippen LogP contribution >= 0.6 is 11.6 Å². The number of carbonyl (C=O) groups excluding carboxylic acids is 1. The molecule has 0 radical (unpaired) electrons. The molecule has 0 fully saturated rings. The van der Waals surface area contributed by atoms with E-state index >= 15 is 0 Å². The first kappa shape index (κ1) is 19.5. The Balaban J connectivity index is 2.32. The summed E-state index contributed by atoms with van der Waals surface area (Å²) in [5, 5.41) is 11.5. The summed E-state index contributed by atoms with van der Waals surface area (Å²) in [6.45, 7) is 2.46. The molecule has 0 aliphatic rings. The number of hydrogen-bond acceptors (Lipinski definition) is 5. The van der Waals surface area contributed by atoms with Crippen molar-refractivity contribution in [3.63, 3.8) is 0 Å². The number of hydrogen-bond donors (Lipinski definition) is 0. The first-order valence-corrected chi connectivity index (χ1v) is 8.23. The molecule has 0 atom stereocenters. The van der Waals surface area contributed by atoms with E-state index in [9.17, 15) is 14.9 Å². The van der Waals surface area contributed by atoms with Gasteiger partial charge in [0.15, 0.2) is 11.5 Å². The quantitative estimate of drug-likeness (QED) is 0.538. The number of nitro groups is 1. The SMILES string of the molecule is CCN(Cc1ccc(OC)c(OC)c1)C(=O)c1ccc(Cl)cc1[N+](=O)[O-]. The molecule has 0 saturated carbocycles. The first-order valence-electron chi connectivity index (χ1n) is 7.85. The van der Waals surface area contributed by atoms with Gasteiger partial charge in [-0.15, -0.1) is 0 Å². The van der Waals surface area contributed by atoms with E-state index in [1.807, 2.05) is 6.07 Å². The smallest absolute Gasteiger partial charge is 0.283 e. The fourth-order valence-electron chi connectivity index (χ4n) is 2.53. The fraction of sp³-hybridized carbons (Fsp3) is 0.278. The Hall–Kier alpha value is -2.80. The van der Waals surface area contributed by atoms with E-state index < -0.39 is 10.8 Å². The van der Waals surface area contributed by atoms with Crippen LogP contribution < -0.4 is 9.47 Å². The fourth-order valence-corrected chi connectivity index (χ4v) is 2.70. The number of halogens is 1. The number of nitrogens with zero attached hydrogens (tertiary/aromatic N) is 2. The third-order valence-electron chi connectivity index (χ3n) is 3.88. The number of carbonyl (C=O) groups is 1. The predicted octanol–water partition coefficient (Wildman–Crippen LogP) is 3.93. The van der Waals surface area contributed by atoms with Crippen LogP contribution in [-0.2, 0) is 6.54 Å². The van der Waals surface area contributed by atoms with Crippen LogP contribution in [0.1, 0.15) is 22.8 Å². The lowest BCUT2D eigenvalue weighted by Gasteiger charge is -2.21. The van der Waals surface area contributed by atoms with Crippen molar-refractivity contribution in [1.82, 2.24) is 4.90 Å². The van der Waals surface area contributed by atoms with Gasteiger partial charge in [0.1, 0.15) is 5.56 Å². The van der Waals surface area contributed by atoms with E-state index in [0.717, 1.165) is 5.56 Å². The van der Waals surface area contributed by atoms with Gasteiger partial charge in [-0.25, -0.2) is 0 Å². The molecule has 0 aliphatic heterocycles. The number of benzene rings is 2. The lowest BCUT2D eigenvalue weighted by molar-refractivity contribution is -0.385. The van der Waals surface area contributed by atoms with E-state index in [1.54, 1.807) is 26.2 Å². The summed E-state index contributed by atoms with van der Waals surface area (Å²) >= 11 is 5.82. The standard InChI is InChI=1S/C18H19ClN2O5/c1-4-20(11-12-5-8-16(25-2)17(9-12)26-3)18(22)14-7-6-13(19)10-15(14)21(23)24/h5-10H,4,11H2,1-3H3. The van der Waals surface area contributed by atoms with Gasteiger partial charge in [0, 0.05) is 24.2 Å². The maximum Gasteiger partial charge on any atom is 0.283 e. The normalized spacial score (nSPS) is 10.3. The maximum absolute atomic E-state index is 12.8. The summed E-state index contributed by atoms with van der Waals surface area (Å²) in [6.07, 6.45) is 0. The van der Waals surface area contributed by atoms with Crippen LogP contribution in [0.15, 0.2) is 36.4 Å². The van der Waals surface area contributed by atoms with Gasteiger partial charge in [-0.3, -0.25) is 14.9 Å². The van der Waals surface area contributed by atoms with Crippen molar-refractivity contribution in [3.8, 4) is 11.5 Å². The van der Waals surface area contributed by atoms with Crippen molar-refractivity contribution in [1.29, 1.82) is 0 Å². The van der Waals surface area contributed by atoms with Gasteiger partial charge in [0.25, 0.3) is 11.6 Å². The molecule has 1 amide bonds. The molecule has 0 aliphatic carbocycles. The Labute approximate surface area is 156 Å². The molecule has 0 aromatic heterocycles. The van der Waals surface area contributed by atoms with Crippen LogP contribution in [0, 0.1) is 10.1 Å². The number of amides is 1. The maximum atomic E-state index is 12.8. The monoisotopic (exact) mass is 378 g/mol. The first-order chi connectivity index (χ1) is 12.4. The van der Waals surface area contributed by atoms with Gasteiger partial charge in [0.2, 0.25) is 0 Å². The highest BCUT2D eigenvalue weighted by Crippen LogP contribution is 2.29. The zero-order valence-corrected chi connectivity index (χ0v) is 15.4. The van der Waals surface area contributed by atoms with Gasteiger partial charge >= 0.3 is 0 Å². The molecule has 2 aromatic rings. The average Bonchev–Trinajstić information content (AvgIpc) is 2.65. The van der Waals surface area contributed by atoms with Crippen molar-refractivity contribution in [2.45, 2.75) is 13.5 Å². The molecule has 8 heteroatoms. The molecule has 2 rings (SSSR count). The summed E-state index contributed by atoms with van der Waals surface area (Å²) in [5.41, 5.74) is 0.504. The zero-order chi connectivity index (χ0) is 19.3. The van der Waals surface area contributed by atoms with Crippen LogP contribution in [0.4, 0.5) is 5.69 Å². The van der Waals surface area contributed by atoms with Crippen LogP contribution in [0.5, 0.6) is 11.5 Å². The second-order valence-corrected chi connectivity index (χ2v) is 5.86. The van der Waals surface area contributed by atoms with E-state index in [-0.39, 0.29) is 22.8 Å². The highest BCUT2D eigenvalue weighted by Gasteiger charge is 2.24. The molecule has 0 bridgehead atoms. The molecular formula is C18H19ClN2O5. The highest BCUT2D eigenvalue weighted by atomic mass is 35.5. The minimum absolute atomic E-state index is 0.00160. The highest BCUT2D eigenvalue weighted by molar-refractivity contribution is 6.31. The number of nitro benzene ring substituents is 1. The van der Waals surface area contributed by atoms with Crippen LogP contribution in [0.3, 0.4) is 0 Å². The second kappa shape index (κ2) is 8.53. The van der Waals surface area contributed by atoms with Gasteiger partial charge in [0.05, 0.1) is 19.1 Å². The van der Waals surface area contributed by atoms with Gasteiger partial charge in [-0.05, 0) is 36.8 Å². The Kier molecular flexibility index (Phi) is 6.41. The van der Waals surface area contributed by atoms with Crippen molar-refractivity contribution < 1.29 is 19.2 Å². The molecular weight excluding hydrogens is 360 g/mol. The van der Waals surface area contributed by atoms with Crippen molar-refractivity contribution in [3.05, 3.63) is 62.7 Å². The average molecular weight is 379 g/mol. The molecule has 26 heavy (non-hydrogen) atoms. The molecule has 0 spiro atoms. The van der Waals surface area contributed by atoms with E-state index in [4.69, 9.17) is 21.1 Å². The van der Waals surface area contributed by atoms with E-state index in [2.05, 4.69) is 0 Å². The summed E-state index contributed by atoms with van der Waals surface area (Å²) in [5.74, 6) is 0.690. The minimum atomic E-state index is -0.608. The summed E-state index contributed by atoms with van der Waals surface area (Å²) < 4.78 is 10.5. The lowest BCUT2D eigenvalue weighted by atomic mass is 10.1. The Morgan fingerprint density at radius 2 is 1.85 bits per heavy atom. The summed E-state index contributed by atoms with van der Waals surface area (Å²) in [4.78, 5) is 25.0. The second-order valence-electron chi connectivity index (χ2n) is 5.43. The molecule has 0 heterocycles. The minimum Gasteiger partial charge on any atom is -0.493 e. The molecule has 138 valence electrons. The molecule has 2 aromatic carbocycles. The third kappa shape index (κ3) is 4.23. The van der Waals surface area contributed by atoms with E-state index in [0.29, 0.717) is 18.0 Å². The van der Waals surface area contributed by atoms with E-state index in [1.165, 1.54) is 30.2 Å². The molecule has 7 nitrogen and oxygen atoms in total. The van der Waals surface area contributed by atoms with Gasteiger partial charge in [-0.1, -0.05) is 17.7 Å². The Morgan fingerprint density at radius 3 is 2.42 bits per heavy atom. The largest absolute Gasteiger partial charge is 0.493 e. The summed E-state index contributed by atoms with van der Waals surface area (Å²) in [7, 11) is 3.07. The van der Waals surface area contributed by atoms with Crippen molar-refractivity contribution in [2.24, 2.45) is 0 Å². The van der Waals surface area contributed by atoms with Crippen LogP contribution in [0.25, 0.3) is 0 Å². The third-order valence-corrected chi connectivity index (χ3v) is 4.11. The van der Waals surface area contributed by atoms with Crippen molar-refractivity contribution in [2.75, 3.05) is 20.8 Å². The van der Waals surface area contributed by atoms with Gasteiger partial charge < -0.3 is 14.4 Å². The predicted molar refractivity (Wildman–Crippen MR) is 98.1 cm³/mol. The summed E-state index contributed by atoms with van der Waals surface area (Å²) in [6, 6.07) is 9.35. The topological polar surface area (TPSA) is 81.9 Å². The zero-order valence-electron chi connectivity index (χ0n) is 14.7. The Morgan fingerprint density at radius 1 is 1.15 bits per heavy atom. The lowest BCUT2D eigenvalue weighted by Crippen LogP contribution is -2.30. The molecule has 0 saturated heterocycles. The van der Waals surface area contributed by atoms with Crippen LogP contribution in [0.2, 0.25) is 5.02 Å². The molecule has 0 N–H and O–H groups in total. The van der Waals surface area contributed by atoms with Crippen molar-refractivity contribution >= 4 is 23.2 Å². The van der Waals surface area contributed by atoms with Crippen LogP contribution in [-0.4, -0.2) is 36.5 Å². The number of methoxy groups -OCH3 is 2. The number of rotatable bonds is 7. The number of ether oxygens (including phenoxy) is 2.